The highest BCUT2D eigenvalue weighted by atomic mass is 32.2. The van der Waals surface area contributed by atoms with Crippen LogP contribution in [0.3, 0.4) is 0 Å². The summed E-state index contributed by atoms with van der Waals surface area (Å²) in [6.07, 6.45) is 0. The van der Waals surface area contributed by atoms with E-state index in [4.69, 9.17) is 4.74 Å². The summed E-state index contributed by atoms with van der Waals surface area (Å²) in [6.45, 7) is 1.61. The van der Waals surface area contributed by atoms with Crippen LogP contribution in [0.5, 0.6) is 0 Å². The summed E-state index contributed by atoms with van der Waals surface area (Å²) in [5.41, 5.74) is 2.55. The van der Waals surface area contributed by atoms with Gasteiger partial charge >= 0.3 is 0 Å². The number of hydrogen-bond donors (Lipinski definition) is 0. The average Bonchev–Trinajstić information content (AvgIpc) is 2.43. The van der Waals surface area contributed by atoms with Gasteiger partial charge in [0.05, 0.1) is 18.0 Å². The molecule has 2 aromatic rings. The minimum atomic E-state index is 0.729. The van der Waals surface area contributed by atoms with Crippen LogP contribution in [0.25, 0.3) is 0 Å². The summed E-state index contributed by atoms with van der Waals surface area (Å²) >= 11 is 1.84. The number of para-hydroxylation sites is 2. The van der Waals surface area contributed by atoms with Crippen molar-refractivity contribution in [3.63, 3.8) is 0 Å². The van der Waals surface area contributed by atoms with Crippen LogP contribution >= 0.6 is 11.8 Å². The average molecular weight is 257 g/mol. The van der Waals surface area contributed by atoms with Crippen molar-refractivity contribution in [1.29, 1.82) is 0 Å². The molecule has 0 aromatic heterocycles. The molecule has 0 N–H and O–H groups in total. The lowest BCUT2D eigenvalue weighted by Gasteiger charge is -2.32. The molecular formula is C15H15NOS. The van der Waals surface area contributed by atoms with Crippen molar-refractivity contribution in [3.8, 4) is 0 Å². The fourth-order valence-corrected chi connectivity index (χ4v) is 3.30. The van der Waals surface area contributed by atoms with Gasteiger partial charge in [0.15, 0.2) is 0 Å². The summed E-state index contributed by atoms with van der Waals surface area (Å²) in [7, 11) is 1.75. The van der Waals surface area contributed by atoms with E-state index in [1.165, 1.54) is 21.2 Å². The zero-order chi connectivity index (χ0) is 12.4. The Kier molecular flexibility index (Phi) is 3.26. The third kappa shape index (κ3) is 2.00. The fraction of sp³-hybridized carbons (Fsp3) is 0.200. The number of methoxy groups -OCH3 is 1. The maximum atomic E-state index is 5.23. The fourth-order valence-electron chi connectivity index (χ4n) is 2.20. The Bertz CT molecular complexity index is 510. The summed E-state index contributed by atoms with van der Waals surface area (Å²) in [5, 5.41) is 0. The number of ether oxygens (including phenoxy) is 1. The van der Waals surface area contributed by atoms with E-state index in [0.717, 1.165) is 13.2 Å². The van der Waals surface area contributed by atoms with Crippen LogP contribution in [0.1, 0.15) is 0 Å². The van der Waals surface area contributed by atoms with E-state index in [9.17, 15) is 0 Å². The van der Waals surface area contributed by atoms with Gasteiger partial charge in [-0.2, -0.15) is 0 Å². The third-order valence-corrected chi connectivity index (χ3v) is 4.18. The largest absolute Gasteiger partial charge is 0.383 e. The van der Waals surface area contributed by atoms with Crippen molar-refractivity contribution in [1.82, 2.24) is 0 Å². The zero-order valence-electron chi connectivity index (χ0n) is 10.3. The number of rotatable bonds is 3. The van der Waals surface area contributed by atoms with E-state index < -0.39 is 0 Å². The number of fused-ring (bicyclic) bond motifs is 2. The highest BCUT2D eigenvalue weighted by Crippen LogP contribution is 2.47. The zero-order valence-corrected chi connectivity index (χ0v) is 11.1. The Morgan fingerprint density at radius 3 is 2.06 bits per heavy atom. The van der Waals surface area contributed by atoms with Crippen molar-refractivity contribution in [2.75, 3.05) is 25.2 Å². The standard InChI is InChI=1S/C15H15NOS/c1-17-11-10-16-12-6-2-4-8-14(12)18-15-9-5-3-7-13(15)16/h2-9H,10-11H2,1H3. The molecule has 1 heterocycles. The molecule has 0 fully saturated rings. The van der Waals surface area contributed by atoms with Crippen molar-refractivity contribution >= 4 is 23.1 Å². The lowest BCUT2D eigenvalue weighted by atomic mass is 10.2. The predicted octanol–water partition coefficient (Wildman–Crippen LogP) is 3.94. The molecule has 0 atom stereocenters. The maximum Gasteiger partial charge on any atom is 0.0642 e. The second-order valence-electron chi connectivity index (χ2n) is 4.18. The van der Waals surface area contributed by atoms with Crippen LogP contribution in [0, 0.1) is 0 Å². The first-order valence-corrected chi connectivity index (χ1v) is 6.84. The predicted molar refractivity (Wildman–Crippen MR) is 75.9 cm³/mol. The SMILES string of the molecule is COCCN1c2ccccc2Sc2ccccc21. The van der Waals surface area contributed by atoms with Crippen molar-refractivity contribution < 1.29 is 4.74 Å². The lowest BCUT2D eigenvalue weighted by Crippen LogP contribution is -2.24. The molecule has 0 amide bonds. The van der Waals surface area contributed by atoms with Crippen LogP contribution in [0.4, 0.5) is 11.4 Å². The first-order chi connectivity index (χ1) is 8.90. The minimum Gasteiger partial charge on any atom is -0.383 e. The summed E-state index contributed by atoms with van der Waals surface area (Å²) < 4.78 is 5.23. The Labute approximate surface area is 112 Å². The van der Waals surface area contributed by atoms with Crippen molar-refractivity contribution in [2.24, 2.45) is 0 Å². The van der Waals surface area contributed by atoms with E-state index in [1.807, 2.05) is 11.8 Å². The molecule has 1 aliphatic rings. The molecule has 0 bridgehead atoms. The molecule has 2 aromatic carbocycles. The minimum absolute atomic E-state index is 0.729. The Hall–Kier alpha value is -1.45. The quantitative estimate of drug-likeness (QED) is 0.826. The van der Waals surface area contributed by atoms with Crippen molar-refractivity contribution in [3.05, 3.63) is 48.5 Å². The molecule has 0 radical (unpaired) electrons. The van der Waals surface area contributed by atoms with Gasteiger partial charge in [0.2, 0.25) is 0 Å². The van der Waals surface area contributed by atoms with Gasteiger partial charge in [-0.3, -0.25) is 0 Å². The second kappa shape index (κ2) is 5.04. The number of hydrogen-bond acceptors (Lipinski definition) is 3. The van der Waals surface area contributed by atoms with Crippen LogP contribution in [-0.4, -0.2) is 20.3 Å². The molecule has 3 rings (SSSR count). The Morgan fingerprint density at radius 1 is 0.944 bits per heavy atom. The topological polar surface area (TPSA) is 12.5 Å². The number of anilines is 2. The van der Waals surface area contributed by atoms with Gasteiger partial charge < -0.3 is 9.64 Å². The molecule has 0 saturated carbocycles. The van der Waals surface area contributed by atoms with Crippen LogP contribution in [0.15, 0.2) is 58.3 Å². The molecule has 1 aliphatic heterocycles. The lowest BCUT2D eigenvalue weighted by molar-refractivity contribution is 0.207. The third-order valence-electron chi connectivity index (χ3n) is 3.05. The van der Waals surface area contributed by atoms with Gasteiger partial charge in [0, 0.05) is 23.4 Å². The van der Waals surface area contributed by atoms with Gasteiger partial charge in [-0.05, 0) is 24.3 Å². The monoisotopic (exact) mass is 257 g/mol. The summed E-state index contributed by atoms with van der Waals surface area (Å²) in [6, 6.07) is 17.1. The van der Waals surface area contributed by atoms with E-state index in [1.54, 1.807) is 7.11 Å². The van der Waals surface area contributed by atoms with Crippen molar-refractivity contribution in [2.45, 2.75) is 9.79 Å². The van der Waals surface area contributed by atoms with Gasteiger partial charge in [0.1, 0.15) is 0 Å². The second-order valence-corrected chi connectivity index (χ2v) is 5.27. The van der Waals surface area contributed by atoms with E-state index in [0.29, 0.717) is 0 Å². The van der Waals surface area contributed by atoms with E-state index in [2.05, 4.69) is 53.4 Å². The molecule has 0 saturated heterocycles. The Morgan fingerprint density at radius 2 is 1.50 bits per heavy atom. The maximum absolute atomic E-state index is 5.23. The molecule has 0 spiro atoms. The molecule has 0 aliphatic carbocycles. The highest BCUT2D eigenvalue weighted by molar-refractivity contribution is 7.99. The molecule has 0 unspecified atom stereocenters. The smallest absolute Gasteiger partial charge is 0.0642 e. The van der Waals surface area contributed by atoms with Gasteiger partial charge in [-0.25, -0.2) is 0 Å². The van der Waals surface area contributed by atoms with Gasteiger partial charge in [-0.15, -0.1) is 0 Å². The first kappa shape index (κ1) is 11.6. The molecule has 3 heteroatoms. The van der Waals surface area contributed by atoms with Crippen LogP contribution in [0.2, 0.25) is 0 Å². The molecule has 2 nitrogen and oxygen atoms in total. The summed E-state index contributed by atoms with van der Waals surface area (Å²) in [5.74, 6) is 0. The van der Waals surface area contributed by atoms with E-state index >= 15 is 0 Å². The molecule has 18 heavy (non-hydrogen) atoms. The first-order valence-electron chi connectivity index (χ1n) is 6.02. The van der Waals surface area contributed by atoms with Crippen LogP contribution < -0.4 is 4.90 Å². The molecular weight excluding hydrogens is 242 g/mol. The normalized spacial score (nSPS) is 13.1. The molecule has 92 valence electrons. The number of benzene rings is 2. The van der Waals surface area contributed by atoms with Crippen LogP contribution in [-0.2, 0) is 4.74 Å². The van der Waals surface area contributed by atoms with Gasteiger partial charge in [0.25, 0.3) is 0 Å². The Balaban J connectivity index is 2.05. The highest BCUT2D eigenvalue weighted by Gasteiger charge is 2.21. The van der Waals surface area contributed by atoms with E-state index in [-0.39, 0.29) is 0 Å². The number of nitrogens with zero attached hydrogens (tertiary/aromatic N) is 1. The summed E-state index contributed by atoms with van der Waals surface area (Å²) in [4.78, 5) is 4.96. The van der Waals surface area contributed by atoms with Gasteiger partial charge in [-0.1, -0.05) is 36.0 Å².